The molecule has 6 aliphatic rings. The third kappa shape index (κ3) is 7.23. The van der Waals surface area contributed by atoms with Crippen LogP contribution in [0.25, 0.3) is 0 Å². The smallest absolute Gasteiger partial charge is 0.264 e. The lowest BCUT2D eigenvalue weighted by Crippen LogP contribution is -2.61. The van der Waals surface area contributed by atoms with Crippen LogP contribution in [0, 0.1) is 23.7 Å². The van der Waals surface area contributed by atoms with Gasteiger partial charge >= 0.3 is 0 Å². The highest BCUT2D eigenvalue weighted by atomic mass is 35.5. The molecule has 11 heteroatoms. The summed E-state index contributed by atoms with van der Waals surface area (Å²) < 4.78 is 43.2. The van der Waals surface area contributed by atoms with E-state index in [0.717, 1.165) is 93.8 Å². The first-order valence-electron chi connectivity index (χ1n) is 20.4. The first-order valence-corrected chi connectivity index (χ1v) is 22.4. The van der Waals surface area contributed by atoms with Crippen molar-refractivity contribution in [3.63, 3.8) is 0 Å². The Labute approximate surface area is 327 Å². The Morgan fingerprint density at radius 3 is 2.69 bits per heavy atom. The number of aryl methyl sites for hydroxylation is 1. The van der Waals surface area contributed by atoms with Crippen LogP contribution in [0.4, 0.5) is 5.69 Å². The SMILES string of the molecule is CO[C@@]1(CN2CCN3CC[C@H](C)C[C@@H]3C2)/C=C/C[C@H](C)[C@@H](C)S(=O)(=O)NC(=O)c2ccc3c(c2)N(C[C@@H]2CC[C@H]21)C[C@@]1(CCCc2cc(Cl)ccc21)CO3. The van der Waals surface area contributed by atoms with Gasteiger partial charge in [0.25, 0.3) is 5.91 Å². The van der Waals surface area contributed by atoms with Gasteiger partial charge in [0.2, 0.25) is 10.0 Å². The molecular weight excluding hydrogens is 720 g/mol. The molecule has 4 aliphatic heterocycles. The molecule has 3 fully saturated rings. The van der Waals surface area contributed by atoms with Crippen LogP contribution < -0.4 is 14.4 Å². The van der Waals surface area contributed by atoms with Gasteiger partial charge in [-0.3, -0.25) is 14.6 Å². The lowest BCUT2D eigenvalue weighted by molar-refractivity contribution is -0.101. The number of benzene rings is 2. The minimum atomic E-state index is -3.95. The summed E-state index contributed by atoms with van der Waals surface area (Å²) in [5.41, 5.74) is 2.96. The van der Waals surface area contributed by atoms with Crippen LogP contribution in [0.3, 0.4) is 0 Å². The fraction of sp³-hybridized carbons (Fsp3) is 0.651. The topological polar surface area (TPSA) is 91.4 Å². The van der Waals surface area contributed by atoms with Crippen LogP contribution in [-0.4, -0.2) is 101 Å². The molecule has 1 N–H and O–H groups in total. The summed E-state index contributed by atoms with van der Waals surface area (Å²) in [6.07, 6.45) is 12.7. The number of carbonyl (C=O) groups excluding carboxylic acids is 1. The second-order valence-electron chi connectivity index (χ2n) is 17.7. The molecule has 1 saturated carbocycles. The fourth-order valence-corrected chi connectivity index (χ4v) is 12.2. The molecule has 8 atom stereocenters. The van der Waals surface area contributed by atoms with Crippen molar-refractivity contribution in [2.24, 2.45) is 23.7 Å². The van der Waals surface area contributed by atoms with Crippen LogP contribution in [-0.2, 0) is 26.6 Å². The van der Waals surface area contributed by atoms with Crippen LogP contribution in [0.2, 0.25) is 5.02 Å². The Hall–Kier alpha value is -2.63. The number of halogens is 1. The van der Waals surface area contributed by atoms with E-state index in [0.29, 0.717) is 30.6 Å². The molecule has 2 aromatic rings. The van der Waals surface area contributed by atoms with Gasteiger partial charge in [0.1, 0.15) is 11.4 Å². The van der Waals surface area contributed by atoms with Crippen molar-refractivity contribution in [2.75, 3.05) is 64.4 Å². The third-order valence-electron chi connectivity index (χ3n) is 14.4. The number of rotatable bonds is 3. The van der Waals surface area contributed by atoms with Gasteiger partial charge in [-0.25, -0.2) is 13.1 Å². The monoisotopic (exact) mass is 778 g/mol. The molecule has 0 unspecified atom stereocenters. The van der Waals surface area contributed by atoms with E-state index in [9.17, 15) is 13.2 Å². The Morgan fingerprint density at radius 1 is 1.04 bits per heavy atom. The zero-order valence-electron chi connectivity index (χ0n) is 32.6. The van der Waals surface area contributed by atoms with E-state index in [1.807, 2.05) is 32.2 Å². The molecule has 0 radical (unpaired) electrons. The molecule has 54 heavy (non-hydrogen) atoms. The maximum Gasteiger partial charge on any atom is 0.264 e. The summed E-state index contributed by atoms with van der Waals surface area (Å²) >= 11 is 6.52. The molecule has 9 nitrogen and oxygen atoms in total. The van der Waals surface area contributed by atoms with Gasteiger partial charge in [0.05, 0.1) is 17.5 Å². The summed E-state index contributed by atoms with van der Waals surface area (Å²) in [4.78, 5) is 21.5. The van der Waals surface area contributed by atoms with Crippen LogP contribution in [0.15, 0.2) is 48.6 Å². The Morgan fingerprint density at radius 2 is 1.89 bits per heavy atom. The molecule has 4 heterocycles. The summed E-state index contributed by atoms with van der Waals surface area (Å²) in [6.45, 7) is 13.3. The van der Waals surface area contributed by atoms with Gasteiger partial charge in [-0.05, 0) is 130 Å². The zero-order chi connectivity index (χ0) is 37.8. The lowest BCUT2D eigenvalue weighted by atomic mass is 9.63. The number of piperazine rings is 1. The number of allylic oxidation sites excluding steroid dienone is 1. The van der Waals surface area contributed by atoms with Crippen molar-refractivity contribution in [1.82, 2.24) is 14.5 Å². The molecule has 294 valence electrons. The molecule has 2 bridgehead atoms. The van der Waals surface area contributed by atoms with Crippen LogP contribution in [0.1, 0.15) is 87.2 Å². The van der Waals surface area contributed by atoms with Gasteiger partial charge in [-0.2, -0.15) is 0 Å². The van der Waals surface area contributed by atoms with Gasteiger partial charge in [-0.1, -0.05) is 43.7 Å². The summed E-state index contributed by atoms with van der Waals surface area (Å²) in [7, 11) is -2.07. The largest absolute Gasteiger partial charge is 0.490 e. The highest BCUT2D eigenvalue weighted by Crippen LogP contribution is 2.49. The summed E-state index contributed by atoms with van der Waals surface area (Å²) in [5.74, 6) is 1.29. The first-order chi connectivity index (χ1) is 25.9. The van der Waals surface area contributed by atoms with Gasteiger partial charge < -0.3 is 14.4 Å². The number of hydrogen-bond donors (Lipinski definition) is 1. The summed E-state index contributed by atoms with van der Waals surface area (Å²) in [5, 5.41) is -0.0159. The van der Waals surface area contributed by atoms with Crippen molar-refractivity contribution < 1.29 is 22.7 Å². The molecule has 8 rings (SSSR count). The molecule has 2 aliphatic carbocycles. The highest BCUT2D eigenvalue weighted by Gasteiger charge is 2.50. The standard InChI is InChI=1S/C43H59ClN4O5S/c1-29-15-18-47-20-19-46(25-36(47)21-29)27-43(52-4)17-5-7-30(2)31(3)54(50,51)45-41(49)33-10-14-40-39(23-33)48(24-34-9-12-38(34)43)26-42(28-53-40)16-6-8-32-22-35(44)11-13-37(32)42/h5,10-11,13-14,17,22-23,29-31,34,36,38H,6-9,12,15-16,18-21,24-28H2,1-4H3,(H,45,49)/b17-5+/t29-,30-,31+,34-,36+,38+,42-,43+/m0/s1. The van der Waals surface area contributed by atoms with E-state index < -0.39 is 26.8 Å². The average Bonchev–Trinajstić information content (AvgIpc) is 3.28. The lowest BCUT2D eigenvalue weighted by Gasteiger charge is -2.53. The maximum absolute atomic E-state index is 13.7. The van der Waals surface area contributed by atoms with E-state index in [2.05, 4.69) is 50.6 Å². The van der Waals surface area contributed by atoms with E-state index >= 15 is 0 Å². The number of ether oxygens (including phenoxy) is 2. The van der Waals surface area contributed by atoms with Gasteiger partial charge in [0.15, 0.2) is 0 Å². The number of anilines is 1. The minimum absolute atomic E-state index is 0.209. The van der Waals surface area contributed by atoms with E-state index in [1.165, 1.54) is 30.5 Å². The quantitative estimate of drug-likeness (QED) is 0.346. The van der Waals surface area contributed by atoms with E-state index in [4.69, 9.17) is 21.1 Å². The average molecular weight is 779 g/mol. The number of methoxy groups -OCH3 is 1. The highest BCUT2D eigenvalue weighted by molar-refractivity contribution is 7.90. The predicted molar refractivity (Wildman–Crippen MR) is 215 cm³/mol. The normalized spacial score (nSPS) is 36.4. The van der Waals surface area contributed by atoms with Gasteiger partial charge in [0, 0.05) is 68.4 Å². The minimum Gasteiger partial charge on any atom is -0.490 e. The number of nitrogens with one attached hydrogen (secondary N) is 1. The Bertz CT molecular complexity index is 1870. The number of amides is 1. The van der Waals surface area contributed by atoms with Crippen molar-refractivity contribution in [2.45, 2.75) is 94.4 Å². The Balaban J connectivity index is 1.18. The third-order valence-corrected chi connectivity index (χ3v) is 16.5. The van der Waals surface area contributed by atoms with Crippen molar-refractivity contribution in [1.29, 1.82) is 0 Å². The Kier molecular flexibility index (Phi) is 10.6. The predicted octanol–water partition coefficient (Wildman–Crippen LogP) is 6.68. The molecule has 2 aromatic carbocycles. The van der Waals surface area contributed by atoms with Crippen molar-refractivity contribution in [3.8, 4) is 5.75 Å². The number of carbonyl (C=O) groups is 1. The maximum atomic E-state index is 13.7. The van der Waals surface area contributed by atoms with Crippen molar-refractivity contribution in [3.05, 3.63) is 70.3 Å². The number of nitrogens with zero attached hydrogens (tertiary/aromatic N) is 3. The second kappa shape index (κ2) is 15.0. The number of piperidine rings is 1. The number of fused-ring (bicyclic) bond motifs is 5. The van der Waals surface area contributed by atoms with Crippen LogP contribution >= 0.6 is 11.6 Å². The molecule has 1 spiro atoms. The number of hydrogen-bond acceptors (Lipinski definition) is 8. The summed E-state index contributed by atoms with van der Waals surface area (Å²) in [6, 6.07) is 12.3. The molecular formula is C43H59ClN4O5S. The van der Waals surface area contributed by atoms with E-state index in [-0.39, 0.29) is 17.3 Å². The van der Waals surface area contributed by atoms with Crippen LogP contribution in [0.5, 0.6) is 5.75 Å². The molecule has 0 aromatic heterocycles. The van der Waals surface area contributed by atoms with Gasteiger partial charge in [-0.15, -0.1) is 0 Å². The fourth-order valence-electron chi connectivity index (χ4n) is 10.7. The zero-order valence-corrected chi connectivity index (χ0v) is 34.1. The van der Waals surface area contributed by atoms with E-state index in [1.54, 1.807) is 13.0 Å². The molecule has 1 amide bonds. The van der Waals surface area contributed by atoms with Crippen molar-refractivity contribution >= 4 is 33.2 Å². The first kappa shape index (κ1) is 38.3. The number of sulfonamides is 1. The molecule has 2 saturated heterocycles. The second-order valence-corrected chi connectivity index (χ2v) is 20.2.